The molecule has 0 saturated heterocycles. The molecule has 0 bridgehead atoms. The first-order chi connectivity index (χ1) is 17.5. The molecule has 5 rings (SSSR count). The van der Waals surface area contributed by atoms with Gasteiger partial charge >= 0.3 is 12.2 Å². The molecule has 0 aromatic heterocycles. The Hall–Kier alpha value is -3.86. The second kappa shape index (κ2) is 8.91. The van der Waals surface area contributed by atoms with Gasteiger partial charge in [-0.05, 0) is 42.8 Å². The number of hydrogen-bond acceptors (Lipinski definition) is 3. The highest BCUT2D eigenvalue weighted by Gasteiger charge is 2.41. The van der Waals surface area contributed by atoms with Gasteiger partial charge in [-0.1, -0.05) is 11.6 Å². The Labute approximate surface area is 212 Å². The molecule has 2 N–H and O–H groups in total. The molecule has 3 aromatic carbocycles. The number of nitrogens with zero attached hydrogens (tertiary/aromatic N) is 1. The van der Waals surface area contributed by atoms with Crippen LogP contribution in [0.4, 0.5) is 38.1 Å². The first-order valence-electron chi connectivity index (χ1n) is 10.9. The van der Waals surface area contributed by atoms with Crippen molar-refractivity contribution in [2.75, 3.05) is 23.9 Å². The van der Waals surface area contributed by atoms with Gasteiger partial charge in [0.2, 0.25) is 0 Å². The number of benzene rings is 3. The zero-order valence-electron chi connectivity index (χ0n) is 19.0. The summed E-state index contributed by atoms with van der Waals surface area (Å²) in [4.78, 5) is 27.4. The van der Waals surface area contributed by atoms with Gasteiger partial charge in [0.1, 0.15) is 17.4 Å². The lowest BCUT2D eigenvalue weighted by Crippen LogP contribution is -2.46. The molecular formula is C25H17ClF5N3O3. The van der Waals surface area contributed by atoms with Crippen LogP contribution in [0.3, 0.4) is 0 Å². The largest absolute Gasteiger partial charge is 0.496 e. The zero-order chi connectivity index (χ0) is 26.6. The second-order valence-electron chi connectivity index (χ2n) is 8.50. The fraction of sp³-hybridized carbons (Fsp3) is 0.200. The number of alkyl halides is 3. The molecule has 2 heterocycles. The number of carbonyl (C=O) groups excluding carboxylic acids is 2. The third-order valence-corrected chi connectivity index (χ3v) is 6.63. The average Bonchev–Trinajstić information content (AvgIpc) is 3.28. The molecule has 1 unspecified atom stereocenters. The van der Waals surface area contributed by atoms with Crippen LogP contribution < -0.4 is 20.3 Å². The normalized spacial score (nSPS) is 16.4. The van der Waals surface area contributed by atoms with Gasteiger partial charge in [0, 0.05) is 39.9 Å². The molecular weight excluding hydrogens is 521 g/mol. The lowest BCUT2D eigenvalue weighted by atomic mass is 9.91. The number of methoxy groups -OCH3 is 1. The van der Waals surface area contributed by atoms with Crippen molar-refractivity contribution in [2.24, 2.45) is 0 Å². The van der Waals surface area contributed by atoms with Crippen molar-refractivity contribution in [3.8, 4) is 5.75 Å². The molecule has 37 heavy (non-hydrogen) atoms. The topological polar surface area (TPSA) is 70.7 Å². The van der Waals surface area contributed by atoms with Crippen LogP contribution in [-0.2, 0) is 12.6 Å². The molecule has 3 aromatic rings. The highest BCUT2D eigenvalue weighted by atomic mass is 35.5. The Bertz CT molecular complexity index is 1460. The molecule has 0 radical (unpaired) electrons. The molecule has 2 aliphatic heterocycles. The van der Waals surface area contributed by atoms with E-state index in [1.54, 1.807) is 0 Å². The Kier molecular flexibility index (Phi) is 5.98. The average molecular weight is 538 g/mol. The molecule has 2 aliphatic rings. The van der Waals surface area contributed by atoms with E-state index in [2.05, 4.69) is 10.6 Å². The van der Waals surface area contributed by atoms with E-state index in [0.29, 0.717) is 47.7 Å². The van der Waals surface area contributed by atoms with Gasteiger partial charge in [-0.25, -0.2) is 13.6 Å². The van der Waals surface area contributed by atoms with E-state index in [4.69, 9.17) is 16.3 Å². The van der Waals surface area contributed by atoms with Crippen molar-refractivity contribution < 1.29 is 36.3 Å². The Balaban J connectivity index is 1.67. The number of halogens is 6. The summed E-state index contributed by atoms with van der Waals surface area (Å²) in [5, 5.41) is 5.42. The molecule has 0 aliphatic carbocycles. The molecule has 3 amide bonds. The third kappa shape index (κ3) is 4.33. The van der Waals surface area contributed by atoms with Crippen LogP contribution in [0.5, 0.6) is 5.75 Å². The maximum absolute atomic E-state index is 14.2. The van der Waals surface area contributed by atoms with Crippen LogP contribution in [-0.4, -0.2) is 25.6 Å². The van der Waals surface area contributed by atoms with Crippen LogP contribution in [0, 0.1) is 11.6 Å². The summed E-state index contributed by atoms with van der Waals surface area (Å²) in [6.07, 6.45) is -4.44. The number of rotatable bonds is 4. The lowest BCUT2D eigenvalue weighted by Gasteiger charge is -2.35. The van der Waals surface area contributed by atoms with Crippen molar-refractivity contribution in [3.05, 3.63) is 86.9 Å². The Morgan fingerprint density at radius 1 is 1.14 bits per heavy atom. The van der Waals surface area contributed by atoms with Crippen molar-refractivity contribution in [1.82, 2.24) is 5.32 Å². The predicted octanol–water partition coefficient (Wildman–Crippen LogP) is 6.07. The maximum Gasteiger partial charge on any atom is 0.416 e. The minimum atomic E-state index is -4.87. The van der Waals surface area contributed by atoms with Gasteiger partial charge < -0.3 is 15.4 Å². The molecule has 192 valence electrons. The number of hydrogen-bond donors (Lipinski definition) is 2. The second-order valence-corrected chi connectivity index (χ2v) is 8.90. The summed E-state index contributed by atoms with van der Waals surface area (Å²) < 4.78 is 73.2. The number of ether oxygens (including phenoxy) is 1. The van der Waals surface area contributed by atoms with E-state index in [-0.39, 0.29) is 22.3 Å². The summed E-state index contributed by atoms with van der Waals surface area (Å²) in [6, 6.07) is 5.05. The molecule has 0 saturated carbocycles. The van der Waals surface area contributed by atoms with E-state index in [1.165, 1.54) is 24.1 Å². The molecule has 0 spiro atoms. The zero-order valence-corrected chi connectivity index (χ0v) is 19.7. The number of nitrogens with one attached hydrogen (secondary N) is 2. The fourth-order valence-corrected chi connectivity index (χ4v) is 4.92. The van der Waals surface area contributed by atoms with Crippen molar-refractivity contribution in [1.29, 1.82) is 0 Å². The number of urea groups is 1. The molecule has 1 atom stereocenters. The first kappa shape index (κ1) is 24.8. The van der Waals surface area contributed by atoms with Crippen LogP contribution in [0.2, 0.25) is 5.02 Å². The Morgan fingerprint density at radius 3 is 2.59 bits per heavy atom. The minimum Gasteiger partial charge on any atom is -0.496 e. The molecule has 6 nitrogen and oxygen atoms in total. The van der Waals surface area contributed by atoms with Crippen LogP contribution in [0.25, 0.3) is 0 Å². The van der Waals surface area contributed by atoms with Gasteiger partial charge in [0.25, 0.3) is 5.91 Å². The summed E-state index contributed by atoms with van der Waals surface area (Å²) in [6.45, 7) is 0.296. The van der Waals surface area contributed by atoms with E-state index < -0.39 is 46.9 Å². The number of amides is 3. The van der Waals surface area contributed by atoms with E-state index in [0.717, 1.165) is 12.1 Å². The van der Waals surface area contributed by atoms with E-state index >= 15 is 0 Å². The highest BCUT2D eigenvalue weighted by molar-refractivity contribution is 6.31. The van der Waals surface area contributed by atoms with Crippen molar-refractivity contribution in [3.63, 3.8) is 0 Å². The Morgan fingerprint density at radius 2 is 1.89 bits per heavy atom. The number of anilines is 2. The maximum atomic E-state index is 14.2. The van der Waals surface area contributed by atoms with Crippen LogP contribution in [0.1, 0.15) is 38.7 Å². The summed E-state index contributed by atoms with van der Waals surface area (Å²) in [7, 11) is 1.39. The van der Waals surface area contributed by atoms with Gasteiger partial charge in [-0.3, -0.25) is 9.69 Å². The first-order valence-corrected chi connectivity index (χ1v) is 11.3. The summed E-state index contributed by atoms with van der Waals surface area (Å²) in [5.74, 6) is -2.57. The van der Waals surface area contributed by atoms with Gasteiger partial charge in [-0.2, -0.15) is 13.2 Å². The van der Waals surface area contributed by atoms with E-state index in [9.17, 15) is 31.5 Å². The smallest absolute Gasteiger partial charge is 0.416 e. The molecule has 12 heteroatoms. The van der Waals surface area contributed by atoms with Crippen LogP contribution in [0.15, 0.2) is 42.5 Å². The molecule has 0 fully saturated rings. The summed E-state index contributed by atoms with van der Waals surface area (Å²) >= 11 is 6.33. The monoisotopic (exact) mass is 537 g/mol. The van der Waals surface area contributed by atoms with Crippen molar-refractivity contribution >= 4 is 34.9 Å². The van der Waals surface area contributed by atoms with Gasteiger partial charge in [-0.15, -0.1) is 0 Å². The third-order valence-electron chi connectivity index (χ3n) is 6.29. The van der Waals surface area contributed by atoms with Crippen molar-refractivity contribution in [2.45, 2.75) is 18.6 Å². The van der Waals surface area contributed by atoms with E-state index in [1.807, 2.05) is 0 Å². The highest BCUT2D eigenvalue weighted by Crippen LogP contribution is 2.49. The lowest BCUT2D eigenvalue weighted by molar-refractivity contribution is -0.137. The van der Waals surface area contributed by atoms with Crippen LogP contribution >= 0.6 is 11.6 Å². The minimum absolute atomic E-state index is 0.0654. The standard InChI is InChI=1S/C25H17ClF5N3O3/c1-37-19-10-18(32-23(35)11-6-12(25(29,30)31)8-14(28)7-11)20-21(16-9-13(27)2-3-17(16)26)33-24(36)34-5-4-15(19)22(20)34/h2-3,6-10,21H,4-5H2,1H3,(H,32,35)(H,33,36). The summed E-state index contributed by atoms with van der Waals surface area (Å²) in [5.41, 5.74) is -0.220. The quantitative estimate of drug-likeness (QED) is 0.397. The SMILES string of the molecule is COc1cc(NC(=O)c2cc(F)cc(C(F)(F)F)c2)c2c3c1CCN3C(=O)NC2c1cc(F)ccc1Cl. The number of carbonyl (C=O) groups is 2. The predicted molar refractivity (Wildman–Crippen MR) is 125 cm³/mol. The van der Waals surface area contributed by atoms with Gasteiger partial charge in [0.15, 0.2) is 0 Å². The van der Waals surface area contributed by atoms with Gasteiger partial charge in [0.05, 0.1) is 30.1 Å². The fourth-order valence-electron chi connectivity index (χ4n) is 4.69.